The predicted octanol–water partition coefficient (Wildman–Crippen LogP) is 5.15. The van der Waals surface area contributed by atoms with Crippen molar-refractivity contribution < 1.29 is 37.3 Å². The van der Waals surface area contributed by atoms with E-state index < -0.39 is 17.8 Å². The van der Waals surface area contributed by atoms with E-state index in [4.69, 9.17) is 14.6 Å². The lowest BCUT2D eigenvalue weighted by Crippen LogP contribution is -2.31. The van der Waals surface area contributed by atoms with Crippen molar-refractivity contribution in [3.05, 3.63) is 100 Å². The standard InChI is InChI=1S/C30H25F3N4O5/c1-35(21-9-10-25-26(14-21)42-17-41-25)28(38)20-3-2-4-22(13-20)37-24-11-12-36(16-23(24)27(34-37)30(31,32)33)15-18-5-7-19(8-6-18)29(39)40/h2-10,13-14H,11-12,15-17H2,1H3,(H,39,40). The second-order valence-corrected chi connectivity index (χ2v) is 10.1. The first-order valence-corrected chi connectivity index (χ1v) is 13.1. The molecular weight excluding hydrogens is 553 g/mol. The molecule has 0 unspecified atom stereocenters. The van der Waals surface area contributed by atoms with Gasteiger partial charge in [0.05, 0.1) is 16.9 Å². The van der Waals surface area contributed by atoms with Gasteiger partial charge >= 0.3 is 12.1 Å². The highest BCUT2D eigenvalue weighted by molar-refractivity contribution is 6.06. The van der Waals surface area contributed by atoms with E-state index in [0.717, 1.165) is 5.56 Å². The second kappa shape index (κ2) is 10.5. The zero-order valence-electron chi connectivity index (χ0n) is 22.4. The molecule has 42 heavy (non-hydrogen) atoms. The van der Waals surface area contributed by atoms with Gasteiger partial charge in [0.1, 0.15) is 0 Å². The van der Waals surface area contributed by atoms with Gasteiger partial charge in [0, 0.05) is 56.0 Å². The Hall–Kier alpha value is -4.84. The quantitative estimate of drug-likeness (QED) is 0.338. The highest BCUT2D eigenvalue weighted by atomic mass is 19.4. The third-order valence-electron chi connectivity index (χ3n) is 7.40. The number of anilines is 1. The van der Waals surface area contributed by atoms with Crippen LogP contribution >= 0.6 is 0 Å². The van der Waals surface area contributed by atoms with Crippen LogP contribution in [0.25, 0.3) is 5.69 Å². The van der Waals surface area contributed by atoms with Crippen LogP contribution in [0.4, 0.5) is 18.9 Å². The SMILES string of the molecule is CN(C(=O)c1cccc(-n2nc(C(F)(F)F)c3c2CCN(Cc2ccc(C(=O)O)cc2)C3)c1)c1ccc2c(c1)OCO2. The summed E-state index contributed by atoms with van der Waals surface area (Å²) >= 11 is 0. The summed E-state index contributed by atoms with van der Waals surface area (Å²) in [5.74, 6) is -0.292. The smallest absolute Gasteiger partial charge is 0.435 e. The number of amides is 1. The number of alkyl halides is 3. The summed E-state index contributed by atoms with van der Waals surface area (Å²) < 4.78 is 54.4. The number of hydrogen-bond acceptors (Lipinski definition) is 6. The molecule has 2 aliphatic heterocycles. The van der Waals surface area contributed by atoms with E-state index in [1.807, 2.05) is 4.90 Å². The first-order valence-electron chi connectivity index (χ1n) is 13.1. The fourth-order valence-corrected chi connectivity index (χ4v) is 5.24. The molecule has 0 saturated carbocycles. The molecule has 4 aromatic rings. The number of carboxylic acid groups (broad SMARTS) is 1. The molecule has 216 valence electrons. The number of hydrogen-bond donors (Lipinski definition) is 1. The molecule has 1 amide bonds. The maximum absolute atomic E-state index is 14.1. The van der Waals surface area contributed by atoms with Crippen molar-refractivity contribution in [1.82, 2.24) is 14.7 Å². The van der Waals surface area contributed by atoms with Gasteiger partial charge in [-0.15, -0.1) is 0 Å². The second-order valence-electron chi connectivity index (χ2n) is 10.1. The Morgan fingerprint density at radius 2 is 1.76 bits per heavy atom. The van der Waals surface area contributed by atoms with Crippen molar-refractivity contribution in [2.45, 2.75) is 25.7 Å². The number of halogens is 3. The highest BCUT2D eigenvalue weighted by Gasteiger charge is 2.41. The lowest BCUT2D eigenvalue weighted by atomic mass is 10.0. The normalized spacial score (nSPS) is 14.5. The minimum atomic E-state index is -4.67. The van der Waals surface area contributed by atoms with E-state index in [9.17, 15) is 22.8 Å². The Labute approximate surface area is 238 Å². The molecule has 2 aliphatic rings. The van der Waals surface area contributed by atoms with E-state index >= 15 is 0 Å². The zero-order chi connectivity index (χ0) is 29.6. The number of ether oxygens (including phenoxy) is 2. The van der Waals surface area contributed by atoms with Gasteiger partial charge in [-0.25, -0.2) is 9.48 Å². The Bertz CT molecular complexity index is 1680. The average Bonchev–Trinajstić information content (AvgIpc) is 3.61. The molecule has 0 atom stereocenters. The van der Waals surface area contributed by atoms with Gasteiger partial charge < -0.3 is 19.5 Å². The highest BCUT2D eigenvalue weighted by Crippen LogP contribution is 2.37. The number of fused-ring (bicyclic) bond motifs is 2. The van der Waals surface area contributed by atoms with Crippen LogP contribution in [0.2, 0.25) is 0 Å². The Kier molecular flexibility index (Phi) is 6.85. The van der Waals surface area contributed by atoms with Crippen LogP contribution in [0.5, 0.6) is 11.5 Å². The summed E-state index contributed by atoms with van der Waals surface area (Å²) in [6, 6.07) is 17.8. The van der Waals surface area contributed by atoms with Crippen LogP contribution in [-0.4, -0.2) is 52.0 Å². The summed E-state index contributed by atoms with van der Waals surface area (Å²) in [7, 11) is 1.61. The van der Waals surface area contributed by atoms with Crippen molar-refractivity contribution in [1.29, 1.82) is 0 Å². The van der Waals surface area contributed by atoms with Gasteiger partial charge in [-0.05, 0) is 48.0 Å². The molecule has 0 spiro atoms. The number of aromatic nitrogens is 2. The molecule has 0 aliphatic carbocycles. The topological polar surface area (TPSA) is 97.1 Å². The Morgan fingerprint density at radius 3 is 2.50 bits per heavy atom. The van der Waals surface area contributed by atoms with Crippen LogP contribution < -0.4 is 14.4 Å². The molecular formula is C30H25F3N4O5. The molecule has 3 aromatic carbocycles. The molecule has 0 radical (unpaired) electrons. The van der Waals surface area contributed by atoms with Crippen molar-refractivity contribution >= 4 is 17.6 Å². The number of carboxylic acids is 1. The molecule has 0 bridgehead atoms. The number of carbonyl (C=O) groups excluding carboxylic acids is 1. The molecule has 0 fully saturated rings. The third-order valence-corrected chi connectivity index (χ3v) is 7.40. The monoisotopic (exact) mass is 578 g/mol. The summed E-state index contributed by atoms with van der Waals surface area (Å²) in [6.07, 6.45) is -4.37. The average molecular weight is 579 g/mol. The van der Waals surface area contributed by atoms with Crippen LogP contribution in [0.15, 0.2) is 66.7 Å². The van der Waals surface area contributed by atoms with Gasteiger partial charge in [0.25, 0.3) is 5.91 Å². The first-order chi connectivity index (χ1) is 20.1. The number of aromatic carboxylic acids is 1. The van der Waals surface area contributed by atoms with Crippen LogP contribution in [0.1, 0.15) is 43.2 Å². The fraction of sp³-hybridized carbons (Fsp3) is 0.233. The van der Waals surface area contributed by atoms with E-state index in [2.05, 4.69) is 5.10 Å². The van der Waals surface area contributed by atoms with E-state index in [-0.39, 0.29) is 35.9 Å². The van der Waals surface area contributed by atoms with Crippen molar-refractivity contribution in [3.63, 3.8) is 0 Å². The Morgan fingerprint density at radius 1 is 1.00 bits per heavy atom. The molecule has 12 heteroatoms. The molecule has 1 N–H and O–H groups in total. The van der Waals surface area contributed by atoms with E-state index in [0.29, 0.717) is 48.1 Å². The minimum absolute atomic E-state index is 0.0241. The van der Waals surface area contributed by atoms with Gasteiger partial charge in [-0.3, -0.25) is 9.69 Å². The first kappa shape index (κ1) is 27.3. The van der Waals surface area contributed by atoms with E-state index in [1.54, 1.807) is 55.6 Å². The van der Waals surface area contributed by atoms with E-state index in [1.165, 1.54) is 27.8 Å². The maximum atomic E-state index is 14.1. The summed E-state index contributed by atoms with van der Waals surface area (Å²) in [5, 5.41) is 13.1. The summed E-state index contributed by atoms with van der Waals surface area (Å²) in [6.45, 7) is 0.959. The Balaban J connectivity index is 1.27. The van der Waals surface area contributed by atoms with Crippen LogP contribution in [-0.2, 0) is 25.7 Å². The largest absolute Gasteiger partial charge is 0.478 e. The molecule has 3 heterocycles. The predicted molar refractivity (Wildman–Crippen MR) is 145 cm³/mol. The molecule has 9 nitrogen and oxygen atoms in total. The van der Waals surface area contributed by atoms with Crippen molar-refractivity contribution in [2.75, 3.05) is 25.3 Å². The fourth-order valence-electron chi connectivity index (χ4n) is 5.24. The molecule has 1 aromatic heterocycles. The minimum Gasteiger partial charge on any atom is -0.478 e. The lowest BCUT2D eigenvalue weighted by molar-refractivity contribution is -0.142. The third kappa shape index (κ3) is 5.16. The molecule has 0 saturated heterocycles. The summed E-state index contributed by atoms with van der Waals surface area (Å²) in [5.41, 5.74) is 1.71. The van der Waals surface area contributed by atoms with Gasteiger partial charge in [-0.2, -0.15) is 18.3 Å². The van der Waals surface area contributed by atoms with Gasteiger partial charge in [-0.1, -0.05) is 18.2 Å². The van der Waals surface area contributed by atoms with Crippen molar-refractivity contribution in [2.24, 2.45) is 0 Å². The van der Waals surface area contributed by atoms with Gasteiger partial charge in [0.2, 0.25) is 6.79 Å². The van der Waals surface area contributed by atoms with Crippen molar-refractivity contribution in [3.8, 4) is 17.2 Å². The number of benzene rings is 3. The lowest BCUT2D eigenvalue weighted by Gasteiger charge is -2.28. The number of nitrogens with zero attached hydrogens (tertiary/aromatic N) is 4. The zero-order valence-corrected chi connectivity index (χ0v) is 22.4. The number of rotatable bonds is 6. The summed E-state index contributed by atoms with van der Waals surface area (Å²) in [4.78, 5) is 27.8. The molecule has 6 rings (SSSR count). The van der Waals surface area contributed by atoms with Crippen LogP contribution in [0.3, 0.4) is 0 Å². The maximum Gasteiger partial charge on any atom is 0.435 e. The number of carbonyl (C=O) groups is 2. The van der Waals surface area contributed by atoms with Gasteiger partial charge in [0.15, 0.2) is 17.2 Å². The van der Waals surface area contributed by atoms with Crippen LogP contribution in [0, 0.1) is 0 Å².